The maximum absolute atomic E-state index is 13.1. The van der Waals surface area contributed by atoms with Gasteiger partial charge in [0.25, 0.3) is 11.8 Å². The highest BCUT2D eigenvalue weighted by Gasteiger charge is 2.28. The molecule has 0 spiro atoms. The number of nitrogens with one attached hydrogen (secondary N) is 1. The van der Waals surface area contributed by atoms with Crippen molar-refractivity contribution in [1.82, 2.24) is 5.32 Å². The molecule has 0 saturated heterocycles. The number of carbonyl (C=O) groups is 2. The number of methoxy groups -OCH3 is 1. The first-order valence-corrected chi connectivity index (χ1v) is 8.58. The summed E-state index contributed by atoms with van der Waals surface area (Å²) in [4.78, 5) is 26.8. The van der Waals surface area contributed by atoms with Crippen molar-refractivity contribution < 1.29 is 18.7 Å². The number of nitrogens with zero attached hydrogens (tertiary/aromatic N) is 1. The van der Waals surface area contributed by atoms with Gasteiger partial charge in [0.05, 0.1) is 0 Å². The van der Waals surface area contributed by atoms with Crippen LogP contribution in [-0.4, -0.2) is 38.6 Å². The Morgan fingerprint density at radius 1 is 1.19 bits per heavy atom. The van der Waals surface area contributed by atoms with E-state index in [-0.39, 0.29) is 17.6 Å². The van der Waals surface area contributed by atoms with Gasteiger partial charge in [0.15, 0.2) is 0 Å². The molecule has 3 rings (SSSR count). The Hall–Kier alpha value is -2.73. The zero-order valence-electron chi connectivity index (χ0n) is 14.6. The van der Waals surface area contributed by atoms with Gasteiger partial charge in [-0.1, -0.05) is 6.07 Å². The standard InChI is InChI=1S/C20H21FN2O3/c1-26-13-3-11-22-19(24)17-4-2-5-18-16(17)10-12-23(18)20(25)14-6-8-15(21)9-7-14/h2,4-9H,3,10-13H2,1H3,(H,22,24). The van der Waals surface area contributed by atoms with E-state index in [0.29, 0.717) is 37.2 Å². The van der Waals surface area contributed by atoms with E-state index in [4.69, 9.17) is 4.74 Å². The fourth-order valence-electron chi connectivity index (χ4n) is 3.12. The molecule has 1 N–H and O–H groups in total. The summed E-state index contributed by atoms with van der Waals surface area (Å²) in [7, 11) is 1.62. The molecular weight excluding hydrogens is 335 g/mol. The van der Waals surface area contributed by atoms with Crippen LogP contribution in [0.3, 0.4) is 0 Å². The van der Waals surface area contributed by atoms with Crippen molar-refractivity contribution in [1.29, 1.82) is 0 Å². The van der Waals surface area contributed by atoms with Crippen LogP contribution in [0.2, 0.25) is 0 Å². The molecule has 2 aromatic carbocycles. The average molecular weight is 356 g/mol. The Labute approximate surface area is 151 Å². The second-order valence-corrected chi connectivity index (χ2v) is 6.12. The molecule has 2 amide bonds. The molecular formula is C20H21FN2O3. The predicted molar refractivity (Wildman–Crippen MR) is 97.0 cm³/mol. The number of fused-ring (bicyclic) bond motifs is 1. The summed E-state index contributed by atoms with van der Waals surface area (Å²) >= 11 is 0. The SMILES string of the molecule is COCCCNC(=O)c1cccc2c1CCN2C(=O)c1ccc(F)cc1. The van der Waals surface area contributed by atoms with Crippen LogP contribution < -0.4 is 10.2 Å². The first-order chi connectivity index (χ1) is 12.6. The number of hydrogen-bond acceptors (Lipinski definition) is 3. The van der Waals surface area contributed by atoms with E-state index >= 15 is 0 Å². The lowest BCUT2D eigenvalue weighted by Crippen LogP contribution is -2.29. The van der Waals surface area contributed by atoms with Gasteiger partial charge in [0.2, 0.25) is 0 Å². The third kappa shape index (κ3) is 3.75. The summed E-state index contributed by atoms with van der Waals surface area (Å²) in [6, 6.07) is 10.9. The molecule has 6 heteroatoms. The number of anilines is 1. The Bertz CT molecular complexity index is 805. The maximum Gasteiger partial charge on any atom is 0.258 e. The van der Waals surface area contributed by atoms with Gasteiger partial charge in [-0.3, -0.25) is 9.59 Å². The molecule has 0 aliphatic carbocycles. The number of benzene rings is 2. The van der Waals surface area contributed by atoms with Crippen molar-refractivity contribution in [2.45, 2.75) is 12.8 Å². The van der Waals surface area contributed by atoms with Gasteiger partial charge in [-0.05, 0) is 54.8 Å². The third-order valence-corrected chi connectivity index (χ3v) is 4.42. The van der Waals surface area contributed by atoms with Crippen molar-refractivity contribution in [3.05, 3.63) is 65.0 Å². The molecule has 0 saturated carbocycles. The predicted octanol–water partition coefficient (Wildman–Crippen LogP) is 2.79. The van der Waals surface area contributed by atoms with Crippen LogP contribution in [0, 0.1) is 5.82 Å². The summed E-state index contributed by atoms with van der Waals surface area (Å²) in [6.45, 7) is 1.63. The van der Waals surface area contributed by atoms with Crippen LogP contribution in [-0.2, 0) is 11.2 Å². The molecule has 0 unspecified atom stereocenters. The van der Waals surface area contributed by atoms with E-state index in [2.05, 4.69) is 5.32 Å². The lowest BCUT2D eigenvalue weighted by molar-refractivity contribution is 0.0946. The lowest BCUT2D eigenvalue weighted by Gasteiger charge is -2.18. The molecule has 1 aliphatic rings. The van der Waals surface area contributed by atoms with Gasteiger partial charge in [-0.25, -0.2) is 4.39 Å². The van der Waals surface area contributed by atoms with Crippen LogP contribution in [0.15, 0.2) is 42.5 Å². The summed E-state index contributed by atoms with van der Waals surface area (Å²) < 4.78 is 18.1. The second kappa shape index (κ2) is 8.10. The number of ether oxygens (including phenoxy) is 1. The van der Waals surface area contributed by atoms with Gasteiger partial charge in [0.1, 0.15) is 5.82 Å². The Kier molecular flexibility index (Phi) is 5.63. The number of carbonyl (C=O) groups excluding carboxylic acids is 2. The van der Waals surface area contributed by atoms with Gasteiger partial charge in [-0.2, -0.15) is 0 Å². The lowest BCUT2D eigenvalue weighted by atomic mass is 10.0. The molecule has 0 fully saturated rings. The zero-order valence-corrected chi connectivity index (χ0v) is 14.6. The molecule has 2 aromatic rings. The van der Waals surface area contributed by atoms with Crippen LogP contribution in [0.1, 0.15) is 32.7 Å². The third-order valence-electron chi connectivity index (χ3n) is 4.42. The van der Waals surface area contributed by atoms with Crippen LogP contribution >= 0.6 is 0 Å². The fourth-order valence-corrected chi connectivity index (χ4v) is 3.12. The molecule has 5 nitrogen and oxygen atoms in total. The molecule has 136 valence electrons. The van der Waals surface area contributed by atoms with E-state index in [1.54, 1.807) is 24.1 Å². The number of rotatable bonds is 6. The highest BCUT2D eigenvalue weighted by molar-refractivity contribution is 6.08. The number of halogens is 1. The van der Waals surface area contributed by atoms with Crippen molar-refractivity contribution in [2.75, 3.05) is 31.7 Å². The quantitative estimate of drug-likeness (QED) is 0.810. The summed E-state index contributed by atoms with van der Waals surface area (Å²) in [5.74, 6) is -0.716. The summed E-state index contributed by atoms with van der Waals surface area (Å²) in [6.07, 6.45) is 1.36. The summed E-state index contributed by atoms with van der Waals surface area (Å²) in [5.41, 5.74) is 2.62. The Balaban J connectivity index is 1.78. The normalized spacial score (nSPS) is 12.8. The van der Waals surface area contributed by atoms with E-state index in [0.717, 1.165) is 17.7 Å². The molecule has 1 aliphatic heterocycles. The van der Waals surface area contributed by atoms with Gasteiger partial charge in [-0.15, -0.1) is 0 Å². The van der Waals surface area contributed by atoms with E-state index in [9.17, 15) is 14.0 Å². The zero-order chi connectivity index (χ0) is 18.5. The molecule has 26 heavy (non-hydrogen) atoms. The average Bonchev–Trinajstić information content (AvgIpc) is 3.09. The monoisotopic (exact) mass is 356 g/mol. The number of hydrogen-bond donors (Lipinski definition) is 1. The van der Waals surface area contributed by atoms with Gasteiger partial charge < -0.3 is 15.0 Å². The van der Waals surface area contributed by atoms with Gasteiger partial charge >= 0.3 is 0 Å². The summed E-state index contributed by atoms with van der Waals surface area (Å²) in [5, 5.41) is 2.88. The molecule has 1 heterocycles. The van der Waals surface area contributed by atoms with Crippen molar-refractivity contribution in [3.63, 3.8) is 0 Å². The minimum atomic E-state index is -0.379. The van der Waals surface area contributed by atoms with E-state index in [1.807, 2.05) is 6.07 Å². The minimum Gasteiger partial charge on any atom is -0.385 e. The first kappa shape index (κ1) is 18.1. The minimum absolute atomic E-state index is 0.144. The fraction of sp³-hybridized carbons (Fsp3) is 0.300. The topological polar surface area (TPSA) is 58.6 Å². The van der Waals surface area contributed by atoms with Crippen molar-refractivity contribution in [2.24, 2.45) is 0 Å². The molecule has 0 bridgehead atoms. The van der Waals surface area contributed by atoms with E-state index in [1.165, 1.54) is 24.3 Å². The maximum atomic E-state index is 13.1. The second-order valence-electron chi connectivity index (χ2n) is 6.12. The van der Waals surface area contributed by atoms with E-state index < -0.39 is 0 Å². The van der Waals surface area contributed by atoms with Crippen LogP contribution in [0.25, 0.3) is 0 Å². The van der Waals surface area contributed by atoms with Crippen molar-refractivity contribution in [3.8, 4) is 0 Å². The highest BCUT2D eigenvalue weighted by atomic mass is 19.1. The smallest absolute Gasteiger partial charge is 0.258 e. The number of amides is 2. The van der Waals surface area contributed by atoms with Crippen LogP contribution in [0.5, 0.6) is 0 Å². The largest absolute Gasteiger partial charge is 0.385 e. The Morgan fingerprint density at radius 2 is 1.96 bits per heavy atom. The molecule has 0 aromatic heterocycles. The first-order valence-electron chi connectivity index (χ1n) is 8.58. The van der Waals surface area contributed by atoms with Crippen molar-refractivity contribution >= 4 is 17.5 Å². The molecule has 0 radical (unpaired) electrons. The highest BCUT2D eigenvalue weighted by Crippen LogP contribution is 2.32. The van der Waals surface area contributed by atoms with Gasteiger partial charge in [0, 0.05) is 43.6 Å². The molecule has 0 atom stereocenters. The Morgan fingerprint density at radius 3 is 2.69 bits per heavy atom. The van der Waals surface area contributed by atoms with Crippen LogP contribution in [0.4, 0.5) is 10.1 Å².